The summed E-state index contributed by atoms with van der Waals surface area (Å²) in [5.74, 6) is 0.838. The lowest BCUT2D eigenvalue weighted by Crippen LogP contribution is -2.03. The maximum absolute atomic E-state index is 9.65. The molecule has 0 saturated heterocycles. The van der Waals surface area contributed by atoms with Gasteiger partial charge < -0.3 is 15.4 Å². The molecular weight excluding hydrogens is 260 g/mol. The Morgan fingerprint density at radius 1 is 1.42 bits per heavy atom. The zero-order valence-corrected chi connectivity index (χ0v) is 11.7. The molecule has 0 radical (unpaired) electrons. The predicted octanol–water partition coefficient (Wildman–Crippen LogP) is 3.13. The van der Waals surface area contributed by atoms with Gasteiger partial charge in [0.2, 0.25) is 5.95 Å². The summed E-state index contributed by atoms with van der Waals surface area (Å²) in [4.78, 5) is 13.2. The summed E-state index contributed by atoms with van der Waals surface area (Å²) >= 11 is 1.43. The number of rotatable bonds is 5. The Kier molecular flexibility index (Phi) is 4.46. The summed E-state index contributed by atoms with van der Waals surface area (Å²) in [6, 6.07) is 0. The van der Waals surface area contributed by atoms with Crippen LogP contribution in [0.5, 0.6) is 5.75 Å². The SMILES string of the molecule is C/C=C/c1nc(NCC)ncc1Sc1c[nH]cc1O. The van der Waals surface area contributed by atoms with E-state index in [0.29, 0.717) is 5.95 Å². The minimum atomic E-state index is 0.229. The van der Waals surface area contributed by atoms with Crippen molar-refractivity contribution in [3.8, 4) is 5.75 Å². The van der Waals surface area contributed by atoms with E-state index >= 15 is 0 Å². The molecule has 100 valence electrons. The van der Waals surface area contributed by atoms with Crippen molar-refractivity contribution in [3.63, 3.8) is 0 Å². The van der Waals surface area contributed by atoms with E-state index < -0.39 is 0 Å². The van der Waals surface area contributed by atoms with Gasteiger partial charge in [0.25, 0.3) is 0 Å². The van der Waals surface area contributed by atoms with Gasteiger partial charge in [0.15, 0.2) is 0 Å². The zero-order valence-electron chi connectivity index (χ0n) is 10.8. The summed E-state index contributed by atoms with van der Waals surface area (Å²) < 4.78 is 0. The molecule has 0 bridgehead atoms. The van der Waals surface area contributed by atoms with Crippen LogP contribution in [0.2, 0.25) is 0 Å². The highest BCUT2D eigenvalue weighted by atomic mass is 32.2. The number of aromatic nitrogens is 3. The van der Waals surface area contributed by atoms with Crippen molar-refractivity contribution in [3.05, 3.63) is 30.4 Å². The van der Waals surface area contributed by atoms with Gasteiger partial charge in [-0.2, -0.15) is 0 Å². The molecule has 0 fully saturated rings. The Balaban J connectivity index is 2.31. The highest BCUT2D eigenvalue weighted by molar-refractivity contribution is 7.99. The van der Waals surface area contributed by atoms with Gasteiger partial charge in [-0.15, -0.1) is 0 Å². The van der Waals surface area contributed by atoms with Crippen LogP contribution >= 0.6 is 11.8 Å². The van der Waals surface area contributed by atoms with Crippen molar-refractivity contribution in [2.75, 3.05) is 11.9 Å². The highest BCUT2D eigenvalue weighted by Crippen LogP contribution is 2.35. The van der Waals surface area contributed by atoms with Crippen molar-refractivity contribution < 1.29 is 5.11 Å². The van der Waals surface area contributed by atoms with Gasteiger partial charge in [-0.3, -0.25) is 0 Å². The number of aromatic hydroxyl groups is 1. The summed E-state index contributed by atoms with van der Waals surface area (Å²) in [6.07, 6.45) is 8.91. The molecule has 0 aliphatic carbocycles. The van der Waals surface area contributed by atoms with E-state index in [1.54, 1.807) is 18.6 Å². The second-order valence-electron chi connectivity index (χ2n) is 3.78. The second-order valence-corrected chi connectivity index (χ2v) is 4.86. The normalized spacial score (nSPS) is 11.1. The molecule has 0 amide bonds. The Hall–Kier alpha value is -1.95. The Bertz CT molecular complexity index is 580. The van der Waals surface area contributed by atoms with E-state index in [2.05, 4.69) is 20.3 Å². The first-order chi connectivity index (χ1) is 9.24. The van der Waals surface area contributed by atoms with Crippen molar-refractivity contribution in [2.24, 2.45) is 0 Å². The molecule has 2 aromatic heterocycles. The highest BCUT2D eigenvalue weighted by Gasteiger charge is 2.09. The van der Waals surface area contributed by atoms with Gasteiger partial charge in [-0.25, -0.2) is 9.97 Å². The number of allylic oxidation sites excluding steroid dienone is 1. The van der Waals surface area contributed by atoms with E-state index in [1.807, 2.05) is 26.0 Å². The van der Waals surface area contributed by atoms with Crippen LogP contribution in [-0.2, 0) is 0 Å². The molecular formula is C13H16N4OS. The smallest absolute Gasteiger partial charge is 0.223 e. The zero-order chi connectivity index (χ0) is 13.7. The van der Waals surface area contributed by atoms with E-state index in [0.717, 1.165) is 22.0 Å². The lowest BCUT2D eigenvalue weighted by atomic mass is 10.3. The largest absolute Gasteiger partial charge is 0.505 e. The first kappa shape index (κ1) is 13.5. The molecule has 5 nitrogen and oxygen atoms in total. The number of hydrogen-bond acceptors (Lipinski definition) is 5. The lowest BCUT2D eigenvalue weighted by Gasteiger charge is -2.07. The van der Waals surface area contributed by atoms with Crippen molar-refractivity contribution in [2.45, 2.75) is 23.6 Å². The van der Waals surface area contributed by atoms with Crippen LogP contribution < -0.4 is 5.32 Å². The monoisotopic (exact) mass is 276 g/mol. The molecule has 19 heavy (non-hydrogen) atoms. The maximum Gasteiger partial charge on any atom is 0.223 e. The number of nitrogens with one attached hydrogen (secondary N) is 2. The third kappa shape index (κ3) is 3.29. The van der Waals surface area contributed by atoms with Gasteiger partial charge in [0.1, 0.15) is 5.75 Å². The molecule has 0 saturated carbocycles. The maximum atomic E-state index is 9.65. The fourth-order valence-corrected chi connectivity index (χ4v) is 2.38. The standard InChI is InChI=1S/C13H16N4OS/c1-3-5-9-11(8-16-13(17-9)15-4-2)19-12-7-14-6-10(12)18/h3,5-8,14,18H,4H2,1-2H3,(H,15,16,17)/b5-3+. The average molecular weight is 276 g/mol. The van der Waals surface area contributed by atoms with E-state index in [9.17, 15) is 5.11 Å². The summed E-state index contributed by atoms with van der Waals surface area (Å²) in [7, 11) is 0. The van der Waals surface area contributed by atoms with Gasteiger partial charge in [-0.05, 0) is 19.9 Å². The number of nitrogens with zero attached hydrogens (tertiary/aromatic N) is 2. The third-order valence-corrected chi connectivity index (χ3v) is 3.43. The average Bonchev–Trinajstić information content (AvgIpc) is 2.79. The molecule has 0 aliphatic rings. The van der Waals surface area contributed by atoms with Crippen LogP contribution in [-0.4, -0.2) is 26.6 Å². The molecule has 0 aromatic carbocycles. The number of H-pyrrole nitrogens is 1. The van der Waals surface area contributed by atoms with Crippen LogP contribution in [0, 0.1) is 0 Å². The van der Waals surface area contributed by atoms with Crippen LogP contribution in [0.1, 0.15) is 19.5 Å². The van der Waals surface area contributed by atoms with E-state index in [4.69, 9.17) is 0 Å². The summed E-state index contributed by atoms with van der Waals surface area (Å²) in [5.41, 5.74) is 0.832. The quantitative estimate of drug-likeness (QED) is 0.782. The second kappa shape index (κ2) is 6.29. The van der Waals surface area contributed by atoms with Crippen LogP contribution in [0.15, 0.2) is 34.5 Å². The topological polar surface area (TPSA) is 73.8 Å². The molecule has 0 atom stereocenters. The molecule has 3 N–H and O–H groups in total. The third-order valence-electron chi connectivity index (χ3n) is 2.35. The molecule has 0 unspecified atom stereocenters. The minimum absolute atomic E-state index is 0.229. The molecule has 6 heteroatoms. The van der Waals surface area contributed by atoms with Crippen LogP contribution in [0.4, 0.5) is 5.95 Å². The first-order valence-corrected chi connectivity index (χ1v) is 6.83. The summed E-state index contributed by atoms with van der Waals surface area (Å²) in [6.45, 7) is 4.72. The van der Waals surface area contributed by atoms with Crippen LogP contribution in [0.25, 0.3) is 6.08 Å². The molecule has 2 heterocycles. The molecule has 0 aliphatic heterocycles. The Morgan fingerprint density at radius 3 is 2.89 bits per heavy atom. The van der Waals surface area contributed by atoms with Gasteiger partial charge in [0, 0.05) is 25.1 Å². The van der Waals surface area contributed by atoms with E-state index in [-0.39, 0.29) is 5.75 Å². The van der Waals surface area contributed by atoms with Gasteiger partial charge >= 0.3 is 0 Å². The Labute approximate surface area is 116 Å². The van der Waals surface area contributed by atoms with Gasteiger partial charge in [-0.1, -0.05) is 17.8 Å². The Morgan fingerprint density at radius 2 is 2.26 bits per heavy atom. The van der Waals surface area contributed by atoms with Crippen LogP contribution in [0.3, 0.4) is 0 Å². The first-order valence-electron chi connectivity index (χ1n) is 6.01. The van der Waals surface area contributed by atoms with Crippen molar-refractivity contribution in [1.82, 2.24) is 15.0 Å². The number of hydrogen-bond donors (Lipinski definition) is 3. The fourth-order valence-electron chi connectivity index (χ4n) is 1.52. The minimum Gasteiger partial charge on any atom is -0.505 e. The van der Waals surface area contributed by atoms with Crippen molar-refractivity contribution >= 4 is 23.8 Å². The van der Waals surface area contributed by atoms with Crippen molar-refractivity contribution in [1.29, 1.82) is 0 Å². The predicted molar refractivity (Wildman–Crippen MR) is 77.5 cm³/mol. The fraction of sp³-hybridized carbons (Fsp3) is 0.231. The number of aromatic amines is 1. The number of anilines is 1. The van der Waals surface area contributed by atoms with Gasteiger partial charge in [0.05, 0.1) is 15.5 Å². The molecule has 2 rings (SSSR count). The molecule has 0 spiro atoms. The summed E-state index contributed by atoms with van der Waals surface area (Å²) in [5, 5.41) is 12.7. The van der Waals surface area contributed by atoms with E-state index in [1.165, 1.54) is 11.8 Å². The molecule has 2 aromatic rings. The lowest BCUT2D eigenvalue weighted by molar-refractivity contribution is 0.464.